The summed E-state index contributed by atoms with van der Waals surface area (Å²) in [5.41, 5.74) is 6.19. The van der Waals surface area contributed by atoms with Crippen molar-refractivity contribution in [2.24, 2.45) is 0 Å². The summed E-state index contributed by atoms with van der Waals surface area (Å²) in [5.74, 6) is 0.983. The van der Waals surface area contributed by atoms with Crippen LogP contribution >= 0.6 is 0 Å². The van der Waals surface area contributed by atoms with Gasteiger partial charge in [-0.05, 0) is 28.2 Å². The van der Waals surface area contributed by atoms with Gasteiger partial charge >= 0.3 is 0 Å². The molecule has 2 aliphatic rings. The zero-order chi connectivity index (χ0) is 15.4. The molecule has 0 amide bonds. The second-order valence-corrected chi connectivity index (χ2v) is 5.99. The predicted molar refractivity (Wildman–Crippen MR) is 92.8 cm³/mol. The summed E-state index contributed by atoms with van der Waals surface area (Å²) in [5, 5.41) is 2.42. The highest BCUT2D eigenvalue weighted by molar-refractivity contribution is 6.07. The molecule has 1 aliphatic carbocycles. The minimum atomic E-state index is -0.0362. The van der Waals surface area contributed by atoms with Crippen molar-refractivity contribution < 1.29 is 9.47 Å². The summed E-state index contributed by atoms with van der Waals surface area (Å²) in [6, 6.07) is 17.0. The molecular formula is C21H16O2. The summed E-state index contributed by atoms with van der Waals surface area (Å²) in [4.78, 5) is 0. The van der Waals surface area contributed by atoms with Crippen LogP contribution in [0.15, 0.2) is 54.6 Å². The molecule has 3 aromatic carbocycles. The minimum absolute atomic E-state index is 0.0362. The smallest absolute Gasteiger partial charge is 0.135 e. The summed E-state index contributed by atoms with van der Waals surface area (Å²) >= 11 is 0. The van der Waals surface area contributed by atoms with Gasteiger partial charge in [0.1, 0.15) is 18.5 Å². The summed E-state index contributed by atoms with van der Waals surface area (Å²) < 4.78 is 11.9. The second kappa shape index (κ2) is 4.71. The molecule has 0 spiro atoms. The van der Waals surface area contributed by atoms with Gasteiger partial charge in [-0.3, -0.25) is 0 Å². The normalized spacial score (nSPS) is 17.5. The standard InChI is InChI=1S/C21H16O2/c1-22-21-16-10-5-3-8-14(16)18-13-7-2-4-9-15(13)20-17(19(18)21)11-6-12-23-20/h2-11,21H,12H2,1H3. The lowest BCUT2D eigenvalue weighted by molar-refractivity contribution is 0.139. The van der Waals surface area contributed by atoms with Gasteiger partial charge in [0.25, 0.3) is 0 Å². The molecule has 0 aromatic heterocycles. The fourth-order valence-corrected chi connectivity index (χ4v) is 3.98. The second-order valence-electron chi connectivity index (χ2n) is 5.99. The molecule has 2 nitrogen and oxygen atoms in total. The van der Waals surface area contributed by atoms with Crippen molar-refractivity contribution in [3.05, 3.63) is 71.3 Å². The van der Waals surface area contributed by atoms with Gasteiger partial charge in [0, 0.05) is 23.6 Å². The Labute approximate surface area is 135 Å². The number of hydrogen-bond donors (Lipinski definition) is 0. The van der Waals surface area contributed by atoms with Crippen molar-refractivity contribution >= 4 is 16.8 Å². The van der Waals surface area contributed by atoms with Crippen molar-refractivity contribution in [1.29, 1.82) is 0 Å². The van der Waals surface area contributed by atoms with Crippen LogP contribution < -0.4 is 4.74 Å². The average molecular weight is 300 g/mol. The Morgan fingerprint density at radius 3 is 2.65 bits per heavy atom. The van der Waals surface area contributed by atoms with E-state index >= 15 is 0 Å². The van der Waals surface area contributed by atoms with Gasteiger partial charge in [0.05, 0.1) is 0 Å². The number of hydrogen-bond acceptors (Lipinski definition) is 2. The molecule has 0 fully saturated rings. The Kier molecular flexibility index (Phi) is 2.64. The van der Waals surface area contributed by atoms with E-state index in [0.717, 1.165) is 11.3 Å². The lowest BCUT2D eigenvalue weighted by atomic mass is 9.91. The molecule has 0 radical (unpaired) electrons. The molecule has 1 atom stereocenters. The van der Waals surface area contributed by atoms with Gasteiger partial charge < -0.3 is 9.47 Å². The molecule has 1 unspecified atom stereocenters. The van der Waals surface area contributed by atoms with E-state index in [1.165, 1.54) is 33.0 Å². The summed E-state index contributed by atoms with van der Waals surface area (Å²) in [7, 11) is 1.78. The maximum absolute atomic E-state index is 6.01. The summed E-state index contributed by atoms with van der Waals surface area (Å²) in [6.07, 6.45) is 4.22. The fraction of sp³-hybridized carbons (Fsp3) is 0.143. The molecule has 1 heterocycles. The molecule has 1 aliphatic heterocycles. The van der Waals surface area contributed by atoms with E-state index in [4.69, 9.17) is 9.47 Å². The van der Waals surface area contributed by atoms with E-state index in [0.29, 0.717) is 6.61 Å². The SMILES string of the molecule is COC1c2ccccc2-c2c1c1c(c3ccccc23)OCC=C1. The van der Waals surface area contributed by atoms with Gasteiger partial charge in [-0.25, -0.2) is 0 Å². The van der Waals surface area contributed by atoms with Crippen LogP contribution in [0.2, 0.25) is 0 Å². The monoisotopic (exact) mass is 300 g/mol. The van der Waals surface area contributed by atoms with Gasteiger partial charge in [-0.2, -0.15) is 0 Å². The van der Waals surface area contributed by atoms with Crippen LogP contribution in [0.3, 0.4) is 0 Å². The summed E-state index contributed by atoms with van der Waals surface area (Å²) in [6.45, 7) is 0.625. The van der Waals surface area contributed by atoms with Crippen LogP contribution in [0.25, 0.3) is 28.0 Å². The zero-order valence-corrected chi connectivity index (χ0v) is 12.9. The Bertz CT molecular complexity index is 969. The number of fused-ring (bicyclic) bond motifs is 8. The Morgan fingerprint density at radius 2 is 1.78 bits per heavy atom. The minimum Gasteiger partial charge on any atom is -0.488 e. The molecule has 0 N–H and O–H groups in total. The molecule has 23 heavy (non-hydrogen) atoms. The first kappa shape index (κ1) is 12.9. The number of rotatable bonds is 1. The van der Waals surface area contributed by atoms with Crippen LogP contribution in [0, 0.1) is 0 Å². The first-order valence-corrected chi connectivity index (χ1v) is 7.90. The van der Waals surface area contributed by atoms with Crippen molar-refractivity contribution in [2.75, 3.05) is 13.7 Å². The Morgan fingerprint density at radius 1 is 1.00 bits per heavy atom. The first-order chi connectivity index (χ1) is 11.4. The maximum Gasteiger partial charge on any atom is 0.135 e. The van der Waals surface area contributed by atoms with E-state index in [1.807, 2.05) is 0 Å². The molecule has 3 aromatic rings. The van der Waals surface area contributed by atoms with E-state index in [1.54, 1.807) is 7.11 Å². The predicted octanol–water partition coefficient (Wildman–Crippen LogP) is 4.96. The third-order valence-electron chi connectivity index (χ3n) is 4.86. The lowest BCUT2D eigenvalue weighted by Gasteiger charge is -2.22. The van der Waals surface area contributed by atoms with E-state index in [2.05, 4.69) is 60.7 Å². The molecule has 112 valence electrons. The van der Waals surface area contributed by atoms with Crippen molar-refractivity contribution in [3.8, 4) is 16.9 Å². The van der Waals surface area contributed by atoms with E-state index in [9.17, 15) is 0 Å². The van der Waals surface area contributed by atoms with Gasteiger partial charge in [-0.15, -0.1) is 0 Å². The largest absolute Gasteiger partial charge is 0.488 e. The van der Waals surface area contributed by atoms with Crippen LogP contribution in [0.4, 0.5) is 0 Å². The molecule has 0 saturated heterocycles. The molecule has 0 bridgehead atoms. The van der Waals surface area contributed by atoms with Gasteiger partial charge in [0.2, 0.25) is 0 Å². The number of methoxy groups -OCH3 is 1. The third kappa shape index (κ3) is 1.61. The lowest BCUT2D eigenvalue weighted by Crippen LogP contribution is -2.07. The van der Waals surface area contributed by atoms with Crippen LogP contribution in [-0.4, -0.2) is 13.7 Å². The molecule has 2 heteroatoms. The van der Waals surface area contributed by atoms with E-state index < -0.39 is 0 Å². The third-order valence-corrected chi connectivity index (χ3v) is 4.86. The fourth-order valence-electron chi connectivity index (χ4n) is 3.98. The number of ether oxygens (including phenoxy) is 2. The first-order valence-electron chi connectivity index (χ1n) is 7.90. The molecular weight excluding hydrogens is 284 g/mol. The van der Waals surface area contributed by atoms with Crippen LogP contribution in [-0.2, 0) is 4.74 Å². The highest BCUT2D eigenvalue weighted by atomic mass is 16.5. The van der Waals surface area contributed by atoms with E-state index in [-0.39, 0.29) is 6.10 Å². The Hall–Kier alpha value is -2.58. The van der Waals surface area contributed by atoms with Crippen molar-refractivity contribution in [2.45, 2.75) is 6.10 Å². The maximum atomic E-state index is 6.01. The zero-order valence-electron chi connectivity index (χ0n) is 12.9. The van der Waals surface area contributed by atoms with Crippen molar-refractivity contribution in [3.63, 3.8) is 0 Å². The Balaban J connectivity index is 2.01. The van der Waals surface area contributed by atoms with Crippen LogP contribution in [0.1, 0.15) is 22.8 Å². The molecule has 5 rings (SSSR count). The average Bonchev–Trinajstić information content (AvgIpc) is 2.97. The van der Waals surface area contributed by atoms with Gasteiger partial charge in [-0.1, -0.05) is 54.6 Å². The highest BCUT2D eigenvalue weighted by Crippen LogP contribution is 2.53. The van der Waals surface area contributed by atoms with Crippen LogP contribution in [0.5, 0.6) is 5.75 Å². The topological polar surface area (TPSA) is 18.5 Å². The van der Waals surface area contributed by atoms with Crippen molar-refractivity contribution in [1.82, 2.24) is 0 Å². The molecule has 0 saturated carbocycles. The quantitative estimate of drug-likeness (QED) is 0.632. The number of benzene rings is 3. The highest BCUT2D eigenvalue weighted by Gasteiger charge is 2.34. The van der Waals surface area contributed by atoms with Gasteiger partial charge in [0.15, 0.2) is 0 Å².